The number of Topliss-reactive ketones (excluding diaryl/α,β-unsaturated/α-hetero) is 1. The molecule has 0 N–H and O–H groups in total. The monoisotopic (exact) mass is 339 g/mol. The summed E-state index contributed by atoms with van der Waals surface area (Å²) in [6, 6.07) is 7.95. The van der Waals surface area contributed by atoms with Crippen LogP contribution in [0.4, 0.5) is 0 Å². The number of hydrogen-bond donors (Lipinski definition) is 0. The molecule has 4 nitrogen and oxygen atoms in total. The normalized spacial score (nSPS) is 29.0. The maximum Gasteiger partial charge on any atom is 0.289 e. The van der Waals surface area contributed by atoms with E-state index in [2.05, 4.69) is 26.0 Å². The third-order valence-electron chi connectivity index (χ3n) is 5.91. The Morgan fingerprint density at radius 1 is 1.08 bits per heavy atom. The van der Waals surface area contributed by atoms with Crippen LogP contribution in [0.1, 0.15) is 62.6 Å². The highest BCUT2D eigenvalue weighted by molar-refractivity contribution is 6.11. The molecule has 0 aromatic heterocycles. The van der Waals surface area contributed by atoms with Crippen LogP contribution in [0, 0.1) is 5.92 Å². The van der Waals surface area contributed by atoms with Crippen LogP contribution in [0.25, 0.3) is 0 Å². The number of fused-ring (bicyclic) bond motifs is 1. The lowest BCUT2D eigenvalue weighted by Crippen LogP contribution is -2.39. The van der Waals surface area contributed by atoms with E-state index in [1.807, 2.05) is 12.1 Å². The van der Waals surface area contributed by atoms with E-state index >= 15 is 0 Å². The van der Waals surface area contributed by atoms with Gasteiger partial charge in [-0.2, -0.15) is 0 Å². The Morgan fingerprint density at radius 2 is 1.76 bits per heavy atom. The molecule has 2 heterocycles. The van der Waals surface area contributed by atoms with E-state index in [1.54, 1.807) is 11.9 Å². The molecule has 0 spiro atoms. The number of rotatable bonds is 2. The van der Waals surface area contributed by atoms with E-state index in [1.165, 1.54) is 5.56 Å². The number of amides is 1. The highest BCUT2D eigenvalue weighted by Crippen LogP contribution is 2.46. The smallest absolute Gasteiger partial charge is 0.289 e. The Morgan fingerprint density at radius 3 is 2.44 bits per heavy atom. The molecule has 3 atom stereocenters. The summed E-state index contributed by atoms with van der Waals surface area (Å²) in [6.45, 7) is 4.31. The lowest BCUT2D eigenvalue weighted by molar-refractivity contribution is -0.134. The van der Waals surface area contributed by atoms with Gasteiger partial charge in [0, 0.05) is 7.05 Å². The summed E-state index contributed by atoms with van der Waals surface area (Å²) >= 11 is 0. The average molecular weight is 339 g/mol. The molecule has 0 saturated heterocycles. The van der Waals surface area contributed by atoms with Gasteiger partial charge >= 0.3 is 0 Å². The quantitative estimate of drug-likeness (QED) is 0.825. The zero-order chi connectivity index (χ0) is 17.7. The van der Waals surface area contributed by atoms with E-state index in [4.69, 9.17) is 4.74 Å². The molecule has 1 aliphatic carbocycles. The van der Waals surface area contributed by atoms with Gasteiger partial charge in [-0.1, -0.05) is 44.5 Å². The summed E-state index contributed by atoms with van der Waals surface area (Å²) in [6.07, 6.45) is 3.77. The number of nitrogens with zero attached hydrogens (tertiary/aromatic N) is 1. The van der Waals surface area contributed by atoms with Gasteiger partial charge in [0.1, 0.15) is 6.10 Å². The molecule has 3 unspecified atom stereocenters. The van der Waals surface area contributed by atoms with Gasteiger partial charge in [0.15, 0.2) is 11.5 Å². The second-order valence-corrected chi connectivity index (χ2v) is 7.79. The van der Waals surface area contributed by atoms with Crippen LogP contribution in [0.3, 0.4) is 0 Å². The van der Waals surface area contributed by atoms with Crippen molar-refractivity contribution in [2.75, 3.05) is 7.05 Å². The van der Waals surface area contributed by atoms with Crippen LogP contribution in [0.5, 0.6) is 0 Å². The minimum Gasteiger partial charge on any atom is -0.483 e. The summed E-state index contributed by atoms with van der Waals surface area (Å²) in [5.74, 6) is 0.638. The fraction of sp³-hybridized carbons (Fsp3) is 0.524. The molecule has 1 aromatic carbocycles. The summed E-state index contributed by atoms with van der Waals surface area (Å²) in [5.41, 5.74) is 2.81. The van der Waals surface area contributed by atoms with E-state index < -0.39 is 0 Å². The van der Waals surface area contributed by atoms with Crippen molar-refractivity contribution in [1.29, 1.82) is 0 Å². The number of hydrogen-bond acceptors (Lipinski definition) is 3. The average Bonchev–Trinajstić information content (AvgIpc) is 2.87. The summed E-state index contributed by atoms with van der Waals surface area (Å²) in [7, 11) is 1.77. The molecule has 1 saturated carbocycles. The van der Waals surface area contributed by atoms with Crippen LogP contribution in [-0.2, 0) is 14.3 Å². The molecule has 0 bridgehead atoms. The third kappa shape index (κ3) is 2.50. The van der Waals surface area contributed by atoms with Gasteiger partial charge in [-0.3, -0.25) is 9.59 Å². The predicted molar refractivity (Wildman–Crippen MR) is 94.9 cm³/mol. The first-order chi connectivity index (χ1) is 12.0. The van der Waals surface area contributed by atoms with Gasteiger partial charge in [-0.05, 0) is 36.3 Å². The number of carbonyl (C=O) groups excluding carboxylic acids is 2. The molecular weight excluding hydrogens is 314 g/mol. The van der Waals surface area contributed by atoms with Crippen molar-refractivity contribution in [3.63, 3.8) is 0 Å². The van der Waals surface area contributed by atoms with Crippen molar-refractivity contribution in [1.82, 2.24) is 4.90 Å². The maximum absolute atomic E-state index is 13.2. The molecule has 1 amide bonds. The van der Waals surface area contributed by atoms with Crippen molar-refractivity contribution >= 4 is 11.7 Å². The van der Waals surface area contributed by atoms with Crippen molar-refractivity contribution in [3.8, 4) is 0 Å². The minimum atomic E-state index is -0.320. The van der Waals surface area contributed by atoms with Crippen molar-refractivity contribution in [2.24, 2.45) is 5.92 Å². The first-order valence-electron chi connectivity index (χ1n) is 9.31. The number of ketones is 1. The largest absolute Gasteiger partial charge is 0.483 e. The van der Waals surface area contributed by atoms with E-state index in [9.17, 15) is 9.59 Å². The molecule has 4 heteroatoms. The summed E-state index contributed by atoms with van der Waals surface area (Å²) in [5, 5.41) is 0. The molecule has 0 radical (unpaired) electrons. The van der Waals surface area contributed by atoms with Crippen LogP contribution >= 0.6 is 0 Å². The Bertz CT molecular complexity index is 747. The highest BCUT2D eigenvalue weighted by atomic mass is 16.5. The number of likely N-dealkylation sites (N-methyl/N-ethyl adjacent to an activating group) is 1. The molecule has 1 aromatic rings. The maximum atomic E-state index is 13.2. The van der Waals surface area contributed by atoms with Gasteiger partial charge in [0.05, 0.1) is 17.5 Å². The number of carbonyl (C=O) groups is 2. The van der Waals surface area contributed by atoms with Gasteiger partial charge in [0.25, 0.3) is 5.91 Å². The van der Waals surface area contributed by atoms with E-state index in [-0.39, 0.29) is 29.8 Å². The Balaban J connectivity index is 1.74. The van der Waals surface area contributed by atoms with Crippen LogP contribution in [0.2, 0.25) is 0 Å². The Hall–Kier alpha value is -2.10. The van der Waals surface area contributed by atoms with Gasteiger partial charge in [0.2, 0.25) is 0 Å². The molecule has 132 valence electrons. The molecule has 2 aliphatic heterocycles. The molecule has 3 aliphatic rings. The van der Waals surface area contributed by atoms with E-state index in [0.717, 1.165) is 31.2 Å². The molecule has 4 rings (SSSR count). The zero-order valence-electron chi connectivity index (χ0n) is 15.1. The van der Waals surface area contributed by atoms with Crippen LogP contribution in [0.15, 0.2) is 35.6 Å². The molecule has 1 fully saturated rings. The van der Waals surface area contributed by atoms with Gasteiger partial charge in [-0.25, -0.2) is 0 Å². The van der Waals surface area contributed by atoms with E-state index in [0.29, 0.717) is 17.3 Å². The van der Waals surface area contributed by atoms with Gasteiger partial charge < -0.3 is 9.64 Å². The third-order valence-corrected chi connectivity index (χ3v) is 5.91. The first kappa shape index (κ1) is 16.4. The fourth-order valence-electron chi connectivity index (χ4n) is 4.41. The number of benzene rings is 1. The Kier molecular flexibility index (Phi) is 3.94. The second-order valence-electron chi connectivity index (χ2n) is 7.79. The standard InChI is InChI=1S/C21H25NO3/c1-12(2)13-8-10-14(11-9-13)18-17-19(23)15-6-4-5-7-16(15)25-20(17)21(24)22(18)3/h8-12,15-16,18H,4-7H2,1-3H3. The lowest BCUT2D eigenvalue weighted by Gasteiger charge is -2.35. The van der Waals surface area contributed by atoms with Crippen molar-refractivity contribution < 1.29 is 14.3 Å². The van der Waals surface area contributed by atoms with Gasteiger partial charge in [-0.15, -0.1) is 0 Å². The minimum absolute atomic E-state index is 0.0794. The molecular formula is C21H25NO3. The SMILES string of the molecule is CC(C)c1ccc(C2C3=C(OC4CCCCC4C3=O)C(=O)N2C)cc1. The fourth-order valence-corrected chi connectivity index (χ4v) is 4.41. The van der Waals surface area contributed by atoms with Crippen molar-refractivity contribution in [2.45, 2.75) is 57.6 Å². The summed E-state index contributed by atoms with van der Waals surface area (Å²) in [4.78, 5) is 27.5. The summed E-state index contributed by atoms with van der Waals surface area (Å²) < 4.78 is 6.05. The topological polar surface area (TPSA) is 46.6 Å². The number of ether oxygens (including phenoxy) is 1. The Labute approximate surface area is 148 Å². The van der Waals surface area contributed by atoms with Crippen LogP contribution in [-0.4, -0.2) is 29.7 Å². The lowest BCUT2D eigenvalue weighted by atomic mass is 9.77. The van der Waals surface area contributed by atoms with Crippen LogP contribution < -0.4 is 0 Å². The van der Waals surface area contributed by atoms with Crippen molar-refractivity contribution in [3.05, 3.63) is 46.7 Å². The predicted octanol–water partition coefficient (Wildman–Crippen LogP) is 3.74. The molecule has 25 heavy (non-hydrogen) atoms. The first-order valence-corrected chi connectivity index (χ1v) is 9.31. The second kappa shape index (κ2) is 6.01. The highest BCUT2D eigenvalue weighted by Gasteiger charge is 2.50. The zero-order valence-corrected chi connectivity index (χ0v) is 15.1.